The zero-order valence-corrected chi connectivity index (χ0v) is 16.5. The predicted molar refractivity (Wildman–Crippen MR) is 103 cm³/mol. The number of hydrogen-bond acceptors (Lipinski definition) is 3. The van der Waals surface area contributed by atoms with E-state index in [9.17, 15) is 4.79 Å². The van der Waals surface area contributed by atoms with Crippen molar-refractivity contribution >= 4 is 40.6 Å². The summed E-state index contributed by atoms with van der Waals surface area (Å²) in [5.74, 6) is 0.995. The first-order chi connectivity index (χ1) is 12.4. The maximum Gasteiger partial charge on any atom is 0.202 e. The van der Waals surface area contributed by atoms with Gasteiger partial charge in [-0.3, -0.25) is 4.79 Å². The Morgan fingerprint density at radius 1 is 1.12 bits per heavy atom. The van der Waals surface area contributed by atoms with E-state index in [1.165, 1.54) is 12.1 Å². The number of halogens is 3. The van der Waals surface area contributed by atoms with Crippen LogP contribution < -0.4 is 4.74 Å². The second-order valence-electron chi connectivity index (χ2n) is 5.86. The Morgan fingerprint density at radius 3 is 2.54 bits per heavy atom. The molecule has 3 aromatic rings. The van der Waals surface area contributed by atoms with Crippen molar-refractivity contribution in [2.24, 2.45) is 0 Å². The first-order valence-corrected chi connectivity index (χ1v) is 9.00. The van der Waals surface area contributed by atoms with Gasteiger partial charge >= 0.3 is 0 Å². The molecule has 7 heteroatoms. The minimum Gasteiger partial charge on any atom is -0.484 e. The van der Waals surface area contributed by atoms with E-state index in [0.29, 0.717) is 32.9 Å². The largest absolute Gasteiger partial charge is 0.484 e. The summed E-state index contributed by atoms with van der Waals surface area (Å²) in [6.07, 6.45) is 1.63. The number of ether oxygens (including phenoxy) is 1. The zero-order valence-electron chi connectivity index (χ0n) is 14.2. The van der Waals surface area contributed by atoms with Gasteiger partial charge in [0.1, 0.15) is 11.5 Å². The van der Waals surface area contributed by atoms with Gasteiger partial charge in [0.25, 0.3) is 0 Å². The van der Waals surface area contributed by atoms with Crippen molar-refractivity contribution in [3.05, 3.63) is 74.4 Å². The van der Waals surface area contributed by atoms with Crippen LogP contribution in [0.1, 0.15) is 27.5 Å². The monoisotopic (exact) mass is 411 g/mol. The van der Waals surface area contributed by atoms with Crippen LogP contribution in [0.4, 0.5) is 0 Å². The van der Waals surface area contributed by atoms with Crippen LogP contribution in [0.3, 0.4) is 0 Å². The van der Waals surface area contributed by atoms with Crippen LogP contribution in [0.2, 0.25) is 15.1 Å². The average Bonchev–Trinajstić information content (AvgIpc) is 3.20. The molecule has 0 fully saturated rings. The minimum absolute atomic E-state index is 0.147. The van der Waals surface area contributed by atoms with E-state index >= 15 is 0 Å². The first-order valence-electron chi connectivity index (χ1n) is 7.86. The van der Waals surface area contributed by atoms with Gasteiger partial charge in [-0.1, -0.05) is 34.8 Å². The molecule has 0 spiro atoms. The summed E-state index contributed by atoms with van der Waals surface area (Å²) in [6, 6.07) is 8.57. The summed E-state index contributed by atoms with van der Waals surface area (Å²) in [5.41, 5.74) is 2.42. The molecule has 0 amide bonds. The van der Waals surface area contributed by atoms with Crippen molar-refractivity contribution < 1.29 is 13.9 Å². The van der Waals surface area contributed by atoms with Gasteiger partial charge in [-0.25, -0.2) is 0 Å². The van der Waals surface area contributed by atoms with Crippen LogP contribution in [0.15, 0.2) is 41.0 Å². The van der Waals surface area contributed by atoms with E-state index < -0.39 is 0 Å². The van der Waals surface area contributed by atoms with Gasteiger partial charge in [-0.15, -0.1) is 0 Å². The highest BCUT2D eigenvalue weighted by Gasteiger charge is 2.18. The Morgan fingerprint density at radius 2 is 1.85 bits per heavy atom. The Labute approximate surface area is 166 Å². The van der Waals surface area contributed by atoms with Crippen molar-refractivity contribution in [2.75, 3.05) is 6.61 Å². The quantitative estimate of drug-likeness (QED) is 0.370. The molecule has 3 rings (SSSR count). The van der Waals surface area contributed by atoms with Gasteiger partial charge in [-0.2, -0.15) is 0 Å². The van der Waals surface area contributed by atoms with Crippen molar-refractivity contribution in [3.63, 3.8) is 0 Å². The standard InChI is InChI=1S/C19H16Cl3NO3/c1-11-6-14(12(2)23(11)9-13-4-3-5-25-13)18(24)10-26-19-8-16(21)15(20)7-17(19)22/h3-8H,9-10H2,1-2H3. The van der Waals surface area contributed by atoms with E-state index in [1.807, 2.05) is 36.6 Å². The molecule has 0 aliphatic carbocycles. The number of benzene rings is 1. The lowest BCUT2D eigenvalue weighted by molar-refractivity contribution is 0.0921. The van der Waals surface area contributed by atoms with Gasteiger partial charge < -0.3 is 13.7 Å². The number of furan rings is 1. The first kappa shape index (κ1) is 18.9. The van der Waals surface area contributed by atoms with Gasteiger partial charge in [0.2, 0.25) is 5.78 Å². The van der Waals surface area contributed by atoms with Gasteiger partial charge in [-0.05, 0) is 38.1 Å². The highest BCUT2D eigenvalue weighted by atomic mass is 35.5. The third kappa shape index (κ3) is 3.93. The van der Waals surface area contributed by atoms with E-state index in [4.69, 9.17) is 44.0 Å². The molecule has 0 aliphatic heterocycles. The summed E-state index contributed by atoms with van der Waals surface area (Å²) < 4.78 is 13.0. The third-order valence-electron chi connectivity index (χ3n) is 4.10. The number of aromatic nitrogens is 1. The fraction of sp³-hybridized carbons (Fsp3) is 0.211. The number of rotatable bonds is 6. The maximum absolute atomic E-state index is 12.6. The van der Waals surface area contributed by atoms with Crippen molar-refractivity contribution in [1.29, 1.82) is 0 Å². The molecular weight excluding hydrogens is 397 g/mol. The molecule has 0 aliphatic rings. The molecule has 26 heavy (non-hydrogen) atoms. The smallest absolute Gasteiger partial charge is 0.202 e. The molecule has 136 valence electrons. The lowest BCUT2D eigenvalue weighted by Crippen LogP contribution is -2.13. The highest BCUT2D eigenvalue weighted by Crippen LogP contribution is 2.34. The normalized spacial score (nSPS) is 11.0. The SMILES string of the molecule is Cc1cc(C(=O)COc2cc(Cl)c(Cl)cc2Cl)c(C)n1Cc1ccco1. The topological polar surface area (TPSA) is 44.4 Å². The highest BCUT2D eigenvalue weighted by molar-refractivity contribution is 6.43. The summed E-state index contributed by atoms with van der Waals surface area (Å²) in [5, 5.41) is 0.947. The van der Waals surface area contributed by atoms with Crippen LogP contribution in [0.25, 0.3) is 0 Å². The molecular formula is C19H16Cl3NO3. The van der Waals surface area contributed by atoms with Gasteiger partial charge in [0.05, 0.1) is 27.9 Å². The van der Waals surface area contributed by atoms with E-state index in [2.05, 4.69) is 0 Å². The third-order valence-corrected chi connectivity index (χ3v) is 5.12. The average molecular weight is 413 g/mol. The molecule has 0 radical (unpaired) electrons. The number of ketones is 1. The Hall–Kier alpha value is -1.88. The van der Waals surface area contributed by atoms with E-state index in [1.54, 1.807) is 6.26 Å². The lowest BCUT2D eigenvalue weighted by Gasteiger charge is -2.10. The van der Waals surface area contributed by atoms with E-state index in [0.717, 1.165) is 17.1 Å². The number of nitrogens with zero attached hydrogens (tertiary/aromatic N) is 1. The Kier molecular flexibility index (Phi) is 5.66. The fourth-order valence-electron chi connectivity index (χ4n) is 2.72. The zero-order chi connectivity index (χ0) is 18.8. The Bertz CT molecular complexity index is 946. The summed E-state index contributed by atoms with van der Waals surface area (Å²) in [6.45, 7) is 4.26. The summed E-state index contributed by atoms with van der Waals surface area (Å²) in [7, 11) is 0. The molecule has 4 nitrogen and oxygen atoms in total. The van der Waals surface area contributed by atoms with Gasteiger partial charge in [0, 0.05) is 23.0 Å². The van der Waals surface area contributed by atoms with Crippen LogP contribution in [0, 0.1) is 13.8 Å². The van der Waals surface area contributed by atoms with Crippen molar-refractivity contribution in [2.45, 2.75) is 20.4 Å². The van der Waals surface area contributed by atoms with Crippen molar-refractivity contribution in [3.8, 4) is 5.75 Å². The number of carbonyl (C=O) groups excluding carboxylic acids is 1. The molecule has 0 atom stereocenters. The minimum atomic E-state index is -0.150. The summed E-state index contributed by atoms with van der Waals surface area (Å²) in [4.78, 5) is 12.6. The van der Waals surface area contributed by atoms with E-state index in [-0.39, 0.29) is 12.4 Å². The number of carbonyl (C=O) groups is 1. The predicted octanol–water partition coefficient (Wildman–Crippen LogP) is 5.97. The summed E-state index contributed by atoms with van der Waals surface area (Å²) >= 11 is 17.9. The Balaban J connectivity index is 1.75. The molecule has 0 bridgehead atoms. The molecule has 0 saturated carbocycles. The maximum atomic E-state index is 12.6. The fourth-order valence-corrected chi connectivity index (χ4v) is 3.31. The number of hydrogen-bond donors (Lipinski definition) is 0. The van der Waals surface area contributed by atoms with Crippen LogP contribution >= 0.6 is 34.8 Å². The molecule has 2 heterocycles. The molecule has 0 unspecified atom stereocenters. The number of Topliss-reactive ketones (excluding diaryl/α,β-unsaturated/α-hetero) is 1. The van der Waals surface area contributed by atoms with Crippen LogP contribution in [-0.4, -0.2) is 17.0 Å². The second-order valence-corrected chi connectivity index (χ2v) is 7.08. The molecule has 1 aromatic carbocycles. The number of aryl methyl sites for hydroxylation is 1. The van der Waals surface area contributed by atoms with Crippen LogP contribution in [-0.2, 0) is 6.54 Å². The second kappa shape index (κ2) is 7.78. The molecule has 2 aromatic heterocycles. The lowest BCUT2D eigenvalue weighted by atomic mass is 10.1. The van der Waals surface area contributed by atoms with Gasteiger partial charge in [0.15, 0.2) is 6.61 Å². The van der Waals surface area contributed by atoms with Crippen LogP contribution in [0.5, 0.6) is 5.75 Å². The molecule has 0 N–H and O–H groups in total. The van der Waals surface area contributed by atoms with Crippen molar-refractivity contribution in [1.82, 2.24) is 4.57 Å². The molecule has 0 saturated heterocycles.